The van der Waals surface area contributed by atoms with Gasteiger partial charge in [0.25, 0.3) is 5.91 Å². The van der Waals surface area contributed by atoms with Crippen LogP contribution in [0.1, 0.15) is 96.4 Å². The molecule has 0 fully saturated rings. The van der Waals surface area contributed by atoms with Crippen LogP contribution in [0, 0.1) is 6.92 Å². The van der Waals surface area contributed by atoms with Gasteiger partial charge in [0, 0.05) is 12.1 Å². The highest BCUT2D eigenvalue weighted by Crippen LogP contribution is 2.46. The van der Waals surface area contributed by atoms with E-state index < -0.39 is 0 Å². The molecule has 0 saturated carbocycles. The van der Waals surface area contributed by atoms with Gasteiger partial charge in [0.15, 0.2) is 5.76 Å². The van der Waals surface area contributed by atoms with Gasteiger partial charge in [-0.2, -0.15) is 0 Å². The lowest BCUT2D eigenvalue weighted by atomic mass is 9.62. The molecule has 0 atom stereocenters. The van der Waals surface area contributed by atoms with E-state index in [4.69, 9.17) is 9.15 Å². The number of esters is 1. The summed E-state index contributed by atoms with van der Waals surface area (Å²) in [5.41, 5.74) is 6.69. The summed E-state index contributed by atoms with van der Waals surface area (Å²) >= 11 is 0. The lowest BCUT2D eigenvalue weighted by Crippen LogP contribution is -2.34. The Morgan fingerprint density at radius 3 is 2.20 bits per heavy atom. The highest BCUT2D eigenvalue weighted by atomic mass is 16.5. The number of ether oxygens (including phenoxy) is 1. The molecule has 1 aliphatic rings. The molecule has 1 amide bonds. The number of furan rings is 1. The lowest BCUT2D eigenvalue weighted by Gasteiger charge is -2.42. The van der Waals surface area contributed by atoms with Crippen molar-refractivity contribution >= 4 is 17.6 Å². The second-order valence-corrected chi connectivity index (χ2v) is 10.8. The second-order valence-electron chi connectivity index (χ2n) is 10.8. The van der Waals surface area contributed by atoms with Gasteiger partial charge in [-0.1, -0.05) is 39.8 Å². The van der Waals surface area contributed by atoms with Crippen LogP contribution >= 0.6 is 0 Å². The van der Waals surface area contributed by atoms with Crippen molar-refractivity contribution in [3.05, 3.63) is 87.9 Å². The van der Waals surface area contributed by atoms with Gasteiger partial charge in [-0.15, -0.1) is 0 Å². The molecule has 35 heavy (non-hydrogen) atoms. The third-order valence-corrected chi connectivity index (χ3v) is 7.21. The van der Waals surface area contributed by atoms with Crippen molar-refractivity contribution < 1.29 is 18.7 Å². The van der Waals surface area contributed by atoms with Gasteiger partial charge in [-0.05, 0) is 96.2 Å². The van der Waals surface area contributed by atoms with E-state index in [1.165, 1.54) is 35.1 Å². The Kier molecular flexibility index (Phi) is 6.63. The predicted molar refractivity (Wildman–Crippen MR) is 138 cm³/mol. The van der Waals surface area contributed by atoms with Crippen LogP contribution < -0.4 is 5.32 Å². The topological polar surface area (TPSA) is 68.5 Å². The van der Waals surface area contributed by atoms with Crippen molar-refractivity contribution in [1.82, 2.24) is 0 Å². The minimum absolute atomic E-state index is 0.143. The first-order valence-corrected chi connectivity index (χ1v) is 12.3. The molecule has 0 unspecified atom stereocenters. The quantitative estimate of drug-likeness (QED) is 0.393. The van der Waals surface area contributed by atoms with Crippen LogP contribution in [0.15, 0.2) is 52.9 Å². The molecule has 5 heteroatoms. The van der Waals surface area contributed by atoms with Gasteiger partial charge in [0.2, 0.25) is 0 Å². The fraction of sp³-hybridized carbons (Fsp3) is 0.400. The number of carbonyl (C=O) groups is 2. The number of carbonyl (C=O) groups excluding carboxylic acids is 2. The molecule has 0 spiro atoms. The molecule has 2 aromatic carbocycles. The predicted octanol–water partition coefficient (Wildman–Crippen LogP) is 6.96. The smallest absolute Gasteiger partial charge is 0.338 e. The third-order valence-electron chi connectivity index (χ3n) is 7.21. The summed E-state index contributed by atoms with van der Waals surface area (Å²) in [6.07, 6.45) is 2.99. The number of amides is 1. The molecule has 4 rings (SSSR count). The number of nitrogens with one attached hydrogen (secondary N) is 1. The normalized spacial score (nSPS) is 15.8. The number of rotatable bonds is 6. The van der Waals surface area contributed by atoms with Crippen molar-refractivity contribution in [2.24, 2.45) is 0 Å². The Morgan fingerprint density at radius 1 is 0.943 bits per heavy atom. The highest BCUT2D eigenvalue weighted by molar-refractivity contribution is 6.02. The standard InChI is InChI=1S/C30H35NO4/c1-7-34-28(33)20-8-10-22(11-9-20)31-27(32)26-13-12-23(35-26)17-21-18-25-24(16-19(21)2)29(3,4)14-15-30(25,5)6/h8-13,16,18H,7,14-15,17H2,1-6H3,(H,31,32). The largest absolute Gasteiger partial charge is 0.462 e. The molecule has 0 aliphatic heterocycles. The summed E-state index contributed by atoms with van der Waals surface area (Å²) in [5, 5.41) is 2.82. The van der Waals surface area contributed by atoms with Crippen LogP contribution in [-0.4, -0.2) is 18.5 Å². The second kappa shape index (κ2) is 9.37. The van der Waals surface area contributed by atoms with Gasteiger partial charge in [0.05, 0.1) is 12.2 Å². The Balaban J connectivity index is 1.49. The monoisotopic (exact) mass is 473 g/mol. The number of benzene rings is 2. The molecule has 1 aromatic heterocycles. The van der Waals surface area contributed by atoms with Crippen LogP contribution in [0.25, 0.3) is 0 Å². The van der Waals surface area contributed by atoms with E-state index in [0.717, 1.165) is 5.76 Å². The first-order chi connectivity index (χ1) is 16.5. The summed E-state index contributed by atoms with van der Waals surface area (Å²) < 4.78 is 10.9. The van der Waals surface area contributed by atoms with Crippen molar-refractivity contribution in [2.45, 2.75) is 71.6 Å². The maximum atomic E-state index is 12.7. The molecule has 184 valence electrons. The van der Waals surface area contributed by atoms with E-state index in [0.29, 0.717) is 24.3 Å². The third kappa shape index (κ3) is 5.19. The summed E-state index contributed by atoms with van der Waals surface area (Å²) in [6.45, 7) is 13.6. The Bertz CT molecular complexity index is 1250. The van der Waals surface area contributed by atoms with Crippen molar-refractivity contribution in [2.75, 3.05) is 11.9 Å². The molecule has 1 heterocycles. The lowest BCUT2D eigenvalue weighted by molar-refractivity contribution is 0.0526. The van der Waals surface area contributed by atoms with E-state index in [2.05, 4.69) is 52.1 Å². The zero-order valence-corrected chi connectivity index (χ0v) is 21.6. The fourth-order valence-electron chi connectivity index (χ4n) is 4.84. The number of anilines is 1. The zero-order chi connectivity index (χ0) is 25.4. The van der Waals surface area contributed by atoms with Gasteiger partial charge in [-0.3, -0.25) is 4.79 Å². The van der Waals surface area contributed by atoms with E-state index in [1.54, 1.807) is 37.3 Å². The summed E-state index contributed by atoms with van der Waals surface area (Å²) in [5.74, 6) is 0.297. The molecule has 0 bridgehead atoms. The average Bonchev–Trinajstić information content (AvgIpc) is 3.27. The van der Waals surface area contributed by atoms with E-state index in [1.807, 2.05) is 6.07 Å². The van der Waals surface area contributed by atoms with Crippen LogP contribution in [0.5, 0.6) is 0 Å². The molecular formula is C30H35NO4. The minimum atomic E-state index is -0.384. The zero-order valence-electron chi connectivity index (χ0n) is 21.6. The number of hydrogen-bond donors (Lipinski definition) is 1. The van der Waals surface area contributed by atoms with Crippen LogP contribution in [0.4, 0.5) is 5.69 Å². The summed E-state index contributed by atoms with van der Waals surface area (Å²) in [4.78, 5) is 24.5. The first kappa shape index (κ1) is 24.8. The summed E-state index contributed by atoms with van der Waals surface area (Å²) in [6, 6.07) is 14.9. The van der Waals surface area contributed by atoms with Gasteiger partial charge in [0.1, 0.15) is 5.76 Å². The Morgan fingerprint density at radius 2 is 1.57 bits per heavy atom. The summed E-state index contributed by atoms with van der Waals surface area (Å²) in [7, 11) is 0. The first-order valence-electron chi connectivity index (χ1n) is 12.3. The minimum Gasteiger partial charge on any atom is -0.462 e. The highest BCUT2D eigenvalue weighted by Gasteiger charge is 2.37. The molecule has 5 nitrogen and oxygen atoms in total. The molecule has 0 saturated heterocycles. The molecule has 1 aliphatic carbocycles. The molecule has 0 radical (unpaired) electrons. The van der Waals surface area contributed by atoms with Crippen LogP contribution in [0.3, 0.4) is 0 Å². The Labute approximate surface area is 207 Å². The molecule has 3 aromatic rings. The Hall–Kier alpha value is -3.34. The maximum Gasteiger partial charge on any atom is 0.338 e. The number of fused-ring (bicyclic) bond motifs is 1. The number of hydrogen-bond acceptors (Lipinski definition) is 4. The van der Waals surface area contributed by atoms with E-state index in [9.17, 15) is 9.59 Å². The fourth-order valence-corrected chi connectivity index (χ4v) is 4.84. The van der Waals surface area contributed by atoms with Crippen molar-refractivity contribution in [1.29, 1.82) is 0 Å². The molecular weight excluding hydrogens is 438 g/mol. The average molecular weight is 474 g/mol. The van der Waals surface area contributed by atoms with Crippen LogP contribution in [0.2, 0.25) is 0 Å². The van der Waals surface area contributed by atoms with Gasteiger partial charge >= 0.3 is 5.97 Å². The van der Waals surface area contributed by atoms with Gasteiger partial charge < -0.3 is 14.5 Å². The number of aryl methyl sites for hydroxylation is 1. The SMILES string of the molecule is CCOC(=O)c1ccc(NC(=O)c2ccc(Cc3cc4c(cc3C)C(C)(C)CCC4(C)C)o2)cc1. The molecule has 1 N–H and O–H groups in total. The van der Waals surface area contributed by atoms with Crippen molar-refractivity contribution in [3.8, 4) is 0 Å². The van der Waals surface area contributed by atoms with E-state index >= 15 is 0 Å². The van der Waals surface area contributed by atoms with Crippen LogP contribution in [-0.2, 0) is 22.0 Å². The van der Waals surface area contributed by atoms with Gasteiger partial charge in [-0.25, -0.2) is 4.79 Å². The van der Waals surface area contributed by atoms with E-state index in [-0.39, 0.29) is 28.5 Å². The van der Waals surface area contributed by atoms with Crippen molar-refractivity contribution in [3.63, 3.8) is 0 Å². The maximum absolute atomic E-state index is 12.7.